The number of aromatic nitrogens is 1. The molecule has 3 nitrogen and oxygen atoms in total. The number of fused-ring (bicyclic) bond motifs is 1. The smallest absolute Gasteiger partial charge is 0.192 e. The van der Waals surface area contributed by atoms with E-state index in [0.717, 1.165) is 5.56 Å². The van der Waals surface area contributed by atoms with Crippen LogP contribution in [0.5, 0.6) is 0 Å². The lowest BCUT2D eigenvalue weighted by molar-refractivity contribution is 1.07. The number of rotatable bonds is 2. The fraction of sp³-hybridized carbons (Fsp3) is 0.0526. The van der Waals surface area contributed by atoms with Crippen LogP contribution < -0.4 is 5.43 Å². The van der Waals surface area contributed by atoms with Crippen molar-refractivity contribution in [3.05, 3.63) is 81.6 Å². The van der Waals surface area contributed by atoms with E-state index in [9.17, 15) is 10.1 Å². The van der Waals surface area contributed by atoms with Crippen LogP contribution in [0.1, 0.15) is 16.8 Å². The van der Waals surface area contributed by atoms with Gasteiger partial charge in [-0.05, 0) is 30.7 Å². The number of hydrogen-bond acceptors (Lipinski definition) is 2. The maximum Gasteiger partial charge on any atom is 0.192 e. The molecule has 0 N–H and O–H groups in total. The van der Waals surface area contributed by atoms with Gasteiger partial charge in [-0.1, -0.05) is 48.5 Å². The topological polar surface area (TPSA) is 45.8 Å². The lowest BCUT2D eigenvalue weighted by Gasteiger charge is -2.10. The second-order valence-corrected chi connectivity index (χ2v) is 5.04. The highest BCUT2D eigenvalue weighted by atomic mass is 16.1. The maximum atomic E-state index is 12.5. The zero-order chi connectivity index (χ0) is 15.5. The second-order valence-electron chi connectivity index (χ2n) is 5.04. The number of nitrogens with zero attached hydrogens (tertiary/aromatic N) is 2. The molecular weight excluding hydrogens is 272 g/mol. The largest absolute Gasteiger partial charge is 0.289 e. The Hall–Kier alpha value is -3.12. The molecule has 1 aromatic heterocycles. The van der Waals surface area contributed by atoms with Crippen molar-refractivity contribution in [2.75, 3.05) is 0 Å². The van der Waals surface area contributed by atoms with Gasteiger partial charge in [0.25, 0.3) is 0 Å². The van der Waals surface area contributed by atoms with Gasteiger partial charge in [-0.15, -0.1) is 0 Å². The van der Waals surface area contributed by atoms with Gasteiger partial charge in [0.1, 0.15) is 0 Å². The van der Waals surface area contributed by atoms with E-state index in [1.165, 1.54) is 4.57 Å². The molecule has 0 radical (unpaired) electrons. The number of pyridine rings is 1. The van der Waals surface area contributed by atoms with E-state index in [2.05, 4.69) is 6.19 Å². The molecule has 0 saturated heterocycles. The normalized spacial score (nSPS) is 10.9. The lowest BCUT2D eigenvalue weighted by Crippen LogP contribution is -2.14. The average molecular weight is 286 g/mol. The zero-order valence-corrected chi connectivity index (χ0v) is 12.2. The lowest BCUT2D eigenvalue weighted by atomic mass is 10.1. The predicted molar refractivity (Wildman–Crippen MR) is 89.3 cm³/mol. The fourth-order valence-corrected chi connectivity index (χ4v) is 2.52. The fourth-order valence-electron chi connectivity index (χ4n) is 2.52. The molecule has 0 bridgehead atoms. The Labute approximate surface area is 128 Å². The summed E-state index contributed by atoms with van der Waals surface area (Å²) in [6, 6.07) is 17.0. The third kappa shape index (κ3) is 2.32. The van der Waals surface area contributed by atoms with Crippen LogP contribution in [0.15, 0.2) is 59.4 Å². The molecule has 0 fully saturated rings. The third-order valence-electron chi connectivity index (χ3n) is 3.69. The predicted octanol–water partition coefficient (Wildman–Crippen LogP) is 3.81. The van der Waals surface area contributed by atoms with Crippen molar-refractivity contribution in [3.63, 3.8) is 0 Å². The van der Waals surface area contributed by atoms with E-state index in [4.69, 9.17) is 0 Å². The average Bonchev–Trinajstić information content (AvgIpc) is 2.57. The molecule has 3 rings (SSSR count). The first-order chi connectivity index (χ1) is 10.7. The van der Waals surface area contributed by atoms with E-state index < -0.39 is 0 Å². The van der Waals surface area contributed by atoms with Crippen LogP contribution in [0.25, 0.3) is 23.1 Å². The van der Waals surface area contributed by atoms with Crippen LogP contribution in [-0.2, 0) is 0 Å². The van der Waals surface area contributed by atoms with Crippen molar-refractivity contribution in [1.82, 2.24) is 4.57 Å². The summed E-state index contributed by atoms with van der Waals surface area (Å²) in [5.74, 6) is 0. The first-order valence-electron chi connectivity index (χ1n) is 7.00. The molecule has 3 heteroatoms. The van der Waals surface area contributed by atoms with Crippen molar-refractivity contribution in [2.45, 2.75) is 6.92 Å². The Morgan fingerprint density at radius 2 is 1.68 bits per heavy atom. The Bertz CT molecular complexity index is 960. The number of nitriles is 1. The summed E-state index contributed by atoms with van der Waals surface area (Å²) >= 11 is 0. The van der Waals surface area contributed by atoms with Crippen molar-refractivity contribution >= 4 is 23.1 Å². The van der Waals surface area contributed by atoms with Crippen LogP contribution >= 0.6 is 0 Å². The highest BCUT2D eigenvalue weighted by Gasteiger charge is 2.11. The number of hydrogen-bond donors (Lipinski definition) is 0. The minimum absolute atomic E-state index is 0.0326. The Kier molecular flexibility index (Phi) is 3.59. The van der Waals surface area contributed by atoms with E-state index in [0.29, 0.717) is 22.2 Å². The SMILES string of the molecule is Cc1c(/C=C/c2ccccc2)n(C#N)c2ccccc2c1=O. The van der Waals surface area contributed by atoms with E-state index in [1.54, 1.807) is 19.1 Å². The minimum Gasteiger partial charge on any atom is -0.289 e. The molecule has 0 atom stereocenters. The first kappa shape index (κ1) is 13.8. The van der Waals surface area contributed by atoms with E-state index in [1.807, 2.05) is 54.6 Å². The van der Waals surface area contributed by atoms with Gasteiger partial charge in [0.2, 0.25) is 0 Å². The molecule has 22 heavy (non-hydrogen) atoms. The standard InChI is InChI=1S/C19H14N2O/c1-14-17(12-11-15-7-3-2-4-8-15)21(13-20)18-10-6-5-9-16(18)19(14)22/h2-12H,1H3/b12-11+. The Balaban J connectivity index is 2.26. The van der Waals surface area contributed by atoms with Gasteiger partial charge in [-0.25, -0.2) is 4.57 Å². The van der Waals surface area contributed by atoms with Gasteiger partial charge in [-0.2, -0.15) is 5.26 Å². The van der Waals surface area contributed by atoms with Crippen LogP contribution in [0.3, 0.4) is 0 Å². The summed E-state index contributed by atoms with van der Waals surface area (Å²) < 4.78 is 1.51. The molecule has 0 aliphatic rings. The third-order valence-corrected chi connectivity index (χ3v) is 3.69. The molecule has 2 aromatic carbocycles. The van der Waals surface area contributed by atoms with Crippen molar-refractivity contribution < 1.29 is 0 Å². The summed E-state index contributed by atoms with van der Waals surface area (Å²) in [5.41, 5.74) is 2.82. The highest BCUT2D eigenvalue weighted by molar-refractivity contribution is 5.84. The first-order valence-corrected chi connectivity index (χ1v) is 7.00. The summed E-state index contributed by atoms with van der Waals surface area (Å²) in [7, 11) is 0. The molecule has 1 heterocycles. The van der Waals surface area contributed by atoms with Crippen molar-refractivity contribution in [2.24, 2.45) is 0 Å². The Morgan fingerprint density at radius 1 is 1.00 bits per heavy atom. The summed E-state index contributed by atoms with van der Waals surface area (Å²) in [4.78, 5) is 12.5. The molecule has 3 aromatic rings. The van der Waals surface area contributed by atoms with Crippen LogP contribution in [0.4, 0.5) is 0 Å². The van der Waals surface area contributed by atoms with Gasteiger partial charge in [0.05, 0.1) is 11.2 Å². The van der Waals surface area contributed by atoms with E-state index >= 15 is 0 Å². The number of benzene rings is 2. The zero-order valence-electron chi connectivity index (χ0n) is 12.2. The summed E-state index contributed by atoms with van der Waals surface area (Å²) in [6.45, 7) is 1.76. The molecule has 106 valence electrons. The van der Waals surface area contributed by atoms with E-state index in [-0.39, 0.29) is 5.43 Å². The highest BCUT2D eigenvalue weighted by Crippen LogP contribution is 2.17. The number of para-hydroxylation sites is 1. The van der Waals surface area contributed by atoms with Crippen LogP contribution in [0.2, 0.25) is 0 Å². The van der Waals surface area contributed by atoms with Gasteiger partial charge < -0.3 is 0 Å². The molecule has 0 saturated carbocycles. The molecular formula is C19H14N2O. The molecule has 0 amide bonds. The monoisotopic (exact) mass is 286 g/mol. The van der Waals surface area contributed by atoms with Crippen LogP contribution in [0, 0.1) is 18.4 Å². The van der Waals surface area contributed by atoms with Crippen molar-refractivity contribution in [3.8, 4) is 6.19 Å². The second kappa shape index (κ2) is 5.71. The maximum absolute atomic E-state index is 12.5. The minimum atomic E-state index is -0.0326. The van der Waals surface area contributed by atoms with Gasteiger partial charge in [-0.3, -0.25) is 4.79 Å². The van der Waals surface area contributed by atoms with Crippen LogP contribution in [-0.4, -0.2) is 4.57 Å². The summed E-state index contributed by atoms with van der Waals surface area (Å²) in [5, 5.41) is 10.1. The molecule has 0 aliphatic heterocycles. The quantitative estimate of drug-likeness (QED) is 0.719. The molecule has 0 unspecified atom stereocenters. The Morgan fingerprint density at radius 3 is 2.41 bits per heavy atom. The van der Waals surface area contributed by atoms with Gasteiger partial charge >= 0.3 is 0 Å². The van der Waals surface area contributed by atoms with Crippen molar-refractivity contribution in [1.29, 1.82) is 5.26 Å². The molecule has 0 spiro atoms. The molecule has 0 aliphatic carbocycles. The summed E-state index contributed by atoms with van der Waals surface area (Å²) in [6.07, 6.45) is 5.90. The van der Waals surface area contributed by atoms with Gasteiger partial charge in [0.15, 0.2) is 11.6 Å². The van der Waals surface area contributed by atoms with Gasteiger partial charge in [0, 0.05) is 10.9 Å².